The van der Waals surface area contributed by atoms with Gasteiger partial charge in [-0.25, -0.2) is 4.98 Å². The van der Waals surface area contributed by atoms with Crippen LogP contribution in [-0.4, -0.2) is 29.1 Å². The monoisotopic (exact) mass is 252 g/mol. The summed E-state index contributed by atoms with van der Waals surface area (Å²) in [5.74, 6) is 0. The molecule has 0 saturated heterocycles. The minimum atomic E-state index is 0.356. The lowest BCUT2D eigenvalue weighted by atomic mass is 10.1. The van der Waals surface area contributed by atoms with Crippen molar-refractivity contribution in [2.45, 2.75) is 45.9 Å². The summed E-state index contributed by atoms with van der Waals surface area (Å²) >= 11 is 1.80. The molecule has 0 bridgehead atoms. The highest BCUT2D eigenvalue weighted by Crippen LogP contribution is 2.47. The molecule has 1 fully saturated rings. The van der Waals surface area contributed by atoms with Crippen molar-refractivity contribution in [3.8, 4) is 0 Å². The third-order valence-electron chi connectivity index (χ3n) is 3.70. The lowest BCUT2D eigenvalue weighted by Gasteiger charge is -2.23. The molecule has 1 aromatic rings. The summed E-state index contributed by atoms with van der Waals surface area (Å²) in [6.07, 6.45) is 3.02. The summed E-state index contributed by atoms with van der Waals surface area (Å²) in [6, 6.07) is 0. The molecule has 1 saturated carbocycles. The van der Waals surface area contributed by atoms with Crippen LogP contribution in [0.1, 0.15) is 37.3 Å². The lowest BCUT2D eigenvalue weighted by Crippen LogP contribution is -2.29. The molecular formula is C13H20N2OS. The first-order valence-corrected chi connectivity index (χ1v) is 7.30. The maximum Gasteiger partial charge on any atom is 0.0798 e. The summed E-state index contributed by atoms with van der Waals surface area (Å²) in [4.78, 5) is 8.41. The van der Waals surface area contributed by atoms with Gasteiger partial charge >= 0.3 is 0 Å². The average molecular weight is 252 g/mol. The molecule has 0 spiro atoms. The molecule has 0 radical (unpaired) electrons. The Hall–Kier alpha value is -0.450. The second kappa shape index (κ2) is 4.34. The van der Waals surface area contributed by atoms with Crippen LogP contribution in [-0.2, 0) is 17.8 Å². The highest BCUT2D eigenvalue weighted by Gasteiger charge is 2.45. The molecule has 0 N–H and O–H groups in total. The molecule has 1 aromatic heterocycles. The van der Waals surface area contributed by atoms with Crippen molar-refractivity contribution in [3.63, 3.8) is 0 Å². The fourth-order valence-corrected chi connectivity index (χ4v) is 3.29. The molecule has 0 amide bonds. The van der Waals surface area contributed by atoms with Crippen LogP contribution in [0, 0.1) is 5.41 Å². The Balaban J connectivity index is 1.53. The van der Waals surface area contributed by atoms with Crippen molar-refractivity contribution in [2.24, 2.45) is 5.41 Å². The zero-order chi connectivity index (χ0) is 11.9. The second-order valence-corrected chi connectivity index (χ2v) is 6.67. The summed E-state index contributed by atoms with van der Waals surface area (Å²) in [6.45, 7) is 8.50. The molecule has 2 heterocycles. The highest BCUT2D eigenvalue weighted by atomic mass is 32.1. The SMILES string of the molecule is CC(C)OCC1(CN2Cc3ncsc3C2)CC1. The van der Waals surface area contributed by atoms with Crippen molar-refractivity contribution in [1.82, 2.24) is 9.88 Å². The van der Waals surface area contributed by atoms with E-state index in [1.807, 2.05) is 5.51 Å². The molecular weight excluding hydrogens is 232 g/mol. The van der Waals surface area contributed by atoms with E-state index in [0.717, 1.165) is 19.7 Å². The Kier molecular flexibility index (Phi) is 2.97. The van der Waals surface area contributed by atoms with E-state index in [2.05, 4.69) is 23.7 Å². The number of nitrogens with zero attached hydrogens (tertiary/aromatic N) is 2. The van der Waals surface area contributed by atoms with E-state index in [-0.39, 0.29) is 0 Å². The molecule has 2 aliphatic rings. The van der Waals surface area contributed by atoms with E-state index in [1.54, 1.807) is 11.3 Å². The molecule has 1 aliphatic carbocycles. The summed E-state index contributed by atoms with van der Waals surface area (Å²) in [5.41, 5.74) is 3.73. The van der Waals surface area contributed by atoms with Gasteiger partial charge in [-0.1, -0.05) is 0 Å². The largest absolute Gasteiger partial charge is 0.378 e. The van der Waals surface area contributed by atoms with Gasteiger partial charge in [0.25, 0.3) is 0 Å². The van der Waals surface area contributed by atoms with Gasteiger partial charge < -0.3 is 4.74 Å². The quantitative estimate of drug-likeness (QED) is 0.805. The first-order valence-electron chi connectivity index (χ1n) is 6.42. The molecule has 4 heteroatoms. The number of thiazole rings is 1. The normalized spacial score (nSPS) is 22.1. The standard InChI is InChI=1S/C13H20N2OS/c1-10(2)16-8-13(3-4-13)7-15-5-11-12(6-15)17-9-14-11/h9-10H,3-8H2,1-2H3. The van der Waals surface area contributed by atoms with Gasteiger partial charge in [0, 0.05) is 29.9 Å². The number of ether oxygens (including phenoxy) is 1. The summed E-state index contributed by atoms with van der Waals surface area (Å²) in [5, 5.41) is 0. The van der Waals surface area contributed by atoms with E-state index in [4.69, 9.17) is 4.74 Å². The van der Waals surface area contributed by atoms with Gasteiger partial charge in [-0.05, 0) is 26.7 Å². The third kappa shape index (κ3) is 2.54. The Morgan fingerprint density at radius 1 is 1.47 bits per heavy atom. The van der Waals surface area contributed by atoms with Crippen LogP contribution in [0.15, 0.2) is 5.51 Å². The number of rotatable bonds is 5. The summed E-state index contributed by atoms with van der Waals surface area (Å²) < 4.78 is 5.80. The molecule has 3 nitrogen and oxygen atoms in total. The average Bonchev–Trinajstić information content (AvgIpc) is 2.70. The van der Waals surface area contributed by atoms with Gasteiger partial charge in [-0.15, -0.1) is 11.3 Å². The number of hydrogen-bond acceptors (Lipinski definition) is 4. The molecule has 94 valence electrons. The van der Waals surface area contributed by atoms with E-state index < -0.39 is 0 Å². The lowest BCUT2D eigenvalue weighted by molar-refractivity contribution is 0.0304. The van der Waals surface area contributed by atoms with Crippen LogP contribution >= 0.6 is 11.3 Å². The Morgan fingerprint density at radius 3 is 2.94 bits per heavy atom. The van der Waals surface area contributed by atoms with Crippen molar-refractivity contribution >= 4 is 11.3 Å². The van der Waals surface area contributed by atoms with Gasteiger partial charge in [0.15, 0.2) is 0 Å². The minimum absolute atomic E-state index is 0.356. The molecule has 3 rings (SSSR count). The van der Waals surface area contributed by atoms with Crippen molar-refractivity contribution in [1.29, 1.82) is 0 Å². The zero-order valence-corrected chi connectivity index (χ0v) is 11.4. The van der Waals surface area contributed by atoms with E-state index in [9.17, 15) is 0 Å². The molecule has 0 unspecified atom stereocenters. The molecule has 17 heavy (non-hydrogen) atoms. The fourth-order valence-electron chi connectivity index (χ4n) is 2.48. The van der Waals surface area contributed by atoms with E-state index in [0.29, 0.717) is 11.5 Å². The smallest absolute Gasteiger partial charge is 0.0798 e. The Labute approximate surface area is 107 Å². The first kappa shape index (κ1) is 11.6. The van der Waals surface area contributed by atoms with Crippen molar-refractivity contribution in [3.05, 3.63) is 16.1 Å². The van der Waals surface area contributed by atoms with Crippen LogP contribution < -0.4 is 0 Å². The van der Waals surface area contributed by atoms with Crippen LogP contribution in [0.3, 0.4) is 0 Å². The fraction of sp³-hybridized carbons (Fsp3) is 0.769. The predicted octanol–water partition coefficient (Wildman–Crippen LogP) is 2.66. The minimum Gasteiger partial charge on any atom is -0.378 e. The first-order chi connectivity index (χ1) is 8.17. The van der Waals surface area contributed by atoms with E-state index in [1.165, 1.54) is 30.0 Å². The van der Waals surface area contributed by atoms with Gasteiger partial charge in [-0.3, -0.25) is 4.90 Å². The second-order valence-electron chi connectivity index (χ2n) is 5.73. The Bertz CT molecular complexity index is 377. The van der Waals surface area contributed by atoms with Crippen molar-refractivity contribution in [2.75, 3.05) is 13.2 Å². The maximum atomic E-state index is 5.80. The van der Waals surface area contributed by atoms with Crippen LogP contribution in [0.4, 0.5) is 0 Å². The number of aromatic nitrogens is 1. The van der Waals surface area contributed by atoms with Gasteiger partial charge in [0.1, 0.15) is 0 Å². The highest BCUT2D eigenvalue weighted by molar-refractivity contribution is 7.09. The Morgan fingerprint density at radius 2 is 2.29 bits per heavy atom. The van der Waals surface area contributed by atoms with Gasteiger partial charge in [-0.2, -0.15) is 0 Å². The maximum absolute atomic E-state index is 5.80. The molecule has 0 atom stereocenters. The topological polar surface area (TPSA) is 25.4 Å². The number of hydrogen-bond donors (Lipinski definition) is 0. The van der Waals surface area contributed by atoms with E-state index >= 15 is 0 Å². The van der Waals surface area contributed by atoms with Crippen LogP contribution in [0.2, 0.25) is 0 Å². The molecule has 0 aromatic carbocycles. The van der Waals surface area contributed by atoms with Crippen LogP contribution in [0.25, 0.3) is 0 Å². The van der Waals surface area contributed by atoms with Crippen LogP contribution in [0.5, 0.6) is 0 Å². The zero-order valence-electron chi connectivity index (χ0n) is 10.6. The van der Waals surface area contributed by atoms with Gasteiger partial charge in [0.2, 0.25) is 0 Å². The molecule has 1 aliphatic heterocycles. The summed E-state index contributed by atoms with van der Waals surface area (Å²) in [7, 11) is 0. The predicted molar refractivity (Wildman–Crippen MR) is 69.0 cm³/mol. The third-order valence-corrected chi connectivity index (χ3v) is 4.56. The number of fused-ring (bicyclic) bond motifs is 1. The van der Waals surface area contributed by atoms with Crippen molar-refractivity contribution < 1.29 is 4.74 Å². The van der Waals surface area contributed by atoms with Gasteiger partial charge in [0.05, 0.1) is 23.9 Å².